The Balaban J connectivity index is 1.65. The molecular weight excluding hydrogens is 280 g/mol. The summed E-state index contributed by atoms with van der Waals surface area (Å²) in [5.41, 5.74) is 0.162. The van der Waals surface area contributed by atoms with Gasteiger partial charge in [0.1, 0.15) is 0 Å². The average Bonchev–Trinajstić information content (AvgIpc) is 2.51. The first-order valence-electron chi connectivity index (χ1n) is 7.12. The molecule has 2 aliphatic heterocycles. The molecule has 1 amide bonds. The lowest BCUT2D eigenvalue weighted by Crippen LogP contribution is -2.51. The molecule has 3 rings (SSSR count). The second-order valence-electron chi connectivity index (χ2n) is 5.38. The third kappa shape index (κ3) is 2.91. The van der Waals surface area contributed by atoms with Crippen molar-refractivity contribution >= 4 is 5.91 Å². The molecule has 0 N–H and O–H groups in total. The van der Waals surface area contributed by atoms with Crippen LogP contribution in [-0.4, -0.2) is 42.9 Å². The summed E-state index contributed by atoms with van der Waals surface area (Å²) in [5, 5.41) is 0. The fraction of sp³-hybridized carbons (Fsp3) is 0.533. The smallest absolute Gasteiger partial charge is 0.253 e. The summed E-state index contributed by atoms with van der Waals surface area (Å²) in [6.07, 6.45) is 2.09. The topological polar surface area (TPSA) is 38.8 Å². The number of amides is 1. The summed E-state index contributed by atoms with van der Waals surface area (Å²) in [6, 6.07) is 3.22. The van der Waals surface area contributed by atoms with E-state index in [4.69, 9.17) is 9.47 Å². The van der Waals surface area contributed by atoms with Crippen molar-refractivity contribution in [2.75, 3.05) is 26.3 Å². The molecule has 0 radical (unpaired) electrons. The summed E-state index contributed by atoms with van der Waals surface area (Å²) < 4.78 is 37.5. The van der Waals surface area contributed by atoms with E-state index in [0.29, 0.717) is 39.1 Å². The van der Waals surface area contributed by atoms with E-state index < -0.39 is 17.4 Å². The highest BCUT2D eigenvalue weighted by Crippen LogP contribution is 2.31. The minimum Gasteiger partial charge on any atom is -0.350 e. The average molecular weight is 297 g/mol. The van der Waals surface area contributed by atoms with Gasteiger partial charge in [0.25, 0.3) is 5.91 Å². The molecule has 1 spiro atoms. The highest BCUT2D eigenvalue weighted by molar-refractivity contribution is 5.94. The molecular formula is C15H17F2NO3. The number of carbonyl (C=O) groups excluding carboxylic acids is 1. The van der Waals surface area contributed by atoms with E-state index >= 15 is 0 Å². The molecule has 0 bridgehead atoms. The molecule has 114 valence electrons. The van der Waals surface area contributed by atoms with Crippen LogP contribution in [0, 0.1) is 11.6 Å². The van der Waals surface area contributed by atoms with Gasteiger partial charge in [-0.15, -0.1) is 0 Å². The Morgan fingerprint density at radius 3 is 2.38 bits per heavy atom. The number of nitrogens with zero attached hydrogens (tertiary/aromatic N) is 1. The van der Waals surface area contributed by atoms with Crippen molar-refractivity contribution in [3.05, 3.63) is 35.4 Å². The Bertz CT molecular complexity index is 534. The molecule has 2 heterocycles. The van der Waals surface area contributed by atoms with Gasteiger partial charge in [0.2, 0.25) is 0 Å². The van der Waals surface area contributed by atoms with Crippen LogP contribution in [0.5, 0.6) is 0 Å². The minimum absolute atomic E-state index is 0.162. The Morgan fingerprint density at radius 2 is 1.76 bits per heavy atom. The predicted molar refractivity (Wildman–Crippen MR) is 70.7 cm³/mol. The van der Waals surface area contributed by atoms with Crippen molar-refractivity contribution in [1.82, 2.24) is 4.90 Å². The Hall–Kier alpha value is -1.53. The quantitative estimate of drug-likeness (QED) is 0.798. The van der Waals surface area contributed by atoms with E-state index in [9.17, 15) is 13.6 Å². The Kier molecular flexibility index (Phi) is 3.91. The number of rotatable bonds is 1. The lowest BCUT2D eigenvalue weighted by molar-refractivity contribution is -0.281. The summed E-state index contributed by atoms with van der Waals surface area (Å²) in [5.74, 6) is -2.82. The molecule has 2 aliphatic rings. The van der Waals surface area contributed by atoms with Crippen LogP contribution in [-0.2, 0) is 9.47 Å². The van der Waals surface area contributed by atoms with Gasteiger partial charge in [-0.1, -0.05) is 0 Å². The van der Waals surface area contributed by atoms with Crippen LogP contribution in [0.2, 0.25) is 0 Å². The molecule has 0 aromatic heterocycles. The molecule has 4 nitrogen and oxygen atoms in total. The van der Waals surface area contributed by atoms with E-state index in [1.165, 1.54) is 6.07 Å². The van der Waals surface area contributed by atoms with Gasteiger partial charge in [-0.2, -0.15) is 0 Å². The minimum atomic E-state index is -1.01. The molecule has 0 unspecified atom stereocenters. The van der Waals surface area contributed by atoms with Gasteiger partial charge in [0.15, 0.2) is 17.4 Å². The third-order valence-electron chi connectivity index (χ3n) is 4.00. The van der Waals surface area contributed by atoms with Gasteiger partial charge in [-0.25, -0.2) is 8.78 Å². The molecule has 1 aromatic carbocycles. The number of carbonyl (C=O) groups is 1. The summed E-state index contributed by atoms with van der Waals surface area (Å²) >= 11 is 0. The van der Waals surface area contributed by atoms with Gasteiger partial charge in [-0.3, -0.25) is 4.79 Å². The summed E-state index contributed by atoms with van der Waals surface area (Å²) in [7, 11) is 0. The molecule has 0 atom stereocenters. The normalized spacial score (nSPS) is 21.5. The van der Waals surface area contributed by atoms with Crippen LogP contribution in [0.3, 0.4) is 0 Å². The number of halogens is 2. The van der Waals surface area contributed by atoms with Crippen LogP contribution >= 0.6 is 0 Å². The van der Waals surface area contributed by atoms with Crippen LogP contribution in [0.15, 0.2) is 18.2 Å². The molecule has 6 heteroatoms. The third-order valence-corrected chi connectivity index (χ3v) is 4.00. The van der Waals surface area contributed by atoms with Gasteiger partial charge >= 0.3 is 0 Å². The first-order valence-corrected chi connectivity index (χ1v) is 7.12. The zero-order chi connectivity index (χ0) is 14.9. The van der Waals surface area contributed by atoms with E-state index in [2.05, 4.69) is 0 Å². The number of hydrogen-bond donors (Lipinski definition) is 0. The van der Waals surface area contributed by atoms with Crippen molar-refractivity contribution in [3.63, 3.8) is 0 Å². The van der Waals surface area contributed by atoms with Crippen molar-refractivity contribution < 1.29 is 23.0 Å². The van der Waals surface area contributed by atoms with E-state index in [1.54, 1.807) is 4.90 Å². The van der Waals surface area contributed by atoms with Gasteiger partial charge < -0.3 is 14.4 Å². The van der Waals surface area contributed by atoms with Crippen molar-refractivity contribution in [2.45, 2.75) is 25.0 Å². The highest BCUT2D eigenvalue weighted by atomic mass is 19.2. The second-order valence-corrected chi connectivity index (χ2v) is 5.38. The monoisotopic (exact) mass is 297 g/mol. The number of benzene rings is 1. The predicted octanol–water partition coefficient (Wildman–Crippen LogP) is 2.33. The molecule has 2 saturated heterocycles. The highest BCUT2D eigenvalue weighted by Gasteiger charge is 2.39. The van der Waals surface area contributed by atoms with Crippen molar-refractivity contribution in [3.8, 4) is 0 Å². The lowest BCUT2D eigenvalue weighted by Gasteiger charge is -2.43. The molecule has 1 aromatic rings. The van der Waals surface area contributed by atoms with Crippen LogP contribution < -0.4 is 0 Å². The maximum absolute atomic E-state index is 13.2. The molecule has 21 heavy (non-hydrogen) atoms. The van der Waals surface area contributed by atoms with E-state index in [0.717, 1.165) is 18.6 Å². The Morgan fingerprint density at radius 1 is 1.10 bits per heavy atom. The number of likely N-dealkylation sites (tertiary alicyclic amines) is 1. The largest absolute Gasteiger partial charge is 0.350 e. The van der Waals surface area contributed by atoms with E-state index in [1.807, 2.05) is 0 Å². The van der Waals surface area contributed by atoms with E-state index in [-0.39, 0.29) is 11.5 Å². The van der Waals surface area contributed by atoms with Crippen LogP contribution in [0.25, 0.3) is 0 Å². The number of piperidine rings is 1. The zero-order valence-corrected chi connectivity index (χ0v) is 11.6. The van der Waals surface area contributed by atoms with Crippen molar-refractivity contribution in [1.29, 1.82) is 0 Å². The van der Waals surface area contributed by atoms with Crippen LogP contribution in [0.1, 0.15) is 29.6 Å². The number of hydrogen-bond acceptors (Lipinski definition) is 3. The van der Waals surface area contributed by atoms with Crippen molar-refractivity contribution in [2.24, 2.45) is 0 Å². The zero-order valence-electron chi connectivity index (χ0n) is 11.6. The van der Waals surface area contributed by atoms with Gasteiger partial charge in [0.05, 0.1) is 13.2 Å². The van der Waals surface area contributed by atoms with Gasteiger partial charge in [-0.05, 0) is 24.6 Å². The molecule has 2 fully saturated rings. The number of ether oxygens (including phenoxy) is 2. The lowest BCUT2D eigenvalue weighted by atomic mass is 10.0. The SMILES string of the molecule is O=C(c1ccc(F)c(F)c1)N1CCC2(CC1)OCCCO2. The fourth-order valence-electron chi connectivity index (χ4n) is 2.77. The Labute approximate surface area is 121 Å². The first kappa shape index (κ1) is 14.4. The molecule has 0 saturated carbocycles. The maximum Gasteiger partial charge on any atom is 0.253 e. The molecule has 0 aliphatic carbocycles. The maximum atomic E-state index is 13.2. The summed E-state index contributed by atoms with van der Waals surface area (Å²) in [6.45, 7) is 2.32. The second kappa shape index (κ2) is 5.69. The van der Waals surface area contributed by atoms with Crippen LogP contribution in [0.4, 0.5) is 8.78 Å². The standard InChI is InChI=1S/C15H17F2NO3/c16-12-3-2-11(10-13(12)17)14(19)18-6-4-15(5-7-18)20-8-1-9-21-15/h2-3,10H,1,4-9H2. The first-order chi connectivity index (χ1) is 10.1. The van der Waals surface area contributed by atoms with Gasteiger partial charge in [0, 0.05) is 31.5 Å². The summed E-state index contributed by atoms with van der Waals surface area (Å²) in [4.78, 5) is 13.9. The fourth-order valence-corrected chi connectivity index (χ4v) is 2.77.